The summed E-state index contributed by atoms with van der Waals surface area (Å²) in [7, 11) is 4.70. The molecule has 44 heavy (non-hydrogen) atoms. The summed E-state index contributed by atoms with van der Waals surface area (Å²) < 4.78 is 17.2. The molecule has 2 N–H and O–H groups in total. The first-order valence-corrected chi connectivity index (χ1v) is 15.1. The molecule has 232 valence electrons. The average Bonchev–Trinajstić information content (AvgIpc) is 3.26. The van der Waals surface area contributed by atoms with Crippen molar-refractivity contribution >= 4 is 17.5 Å². The fraction of sp³-hybridized carbons (Fsp3) is 0.400. The highest BCUT2D eigenvalue weighted by Crippen LogP contribution is 2.50. The Labute approximate surface area is 258 Å². The summed E-state index contributed by atoms with van der Waals surface area (Å²) in [5.74, 6) is 1.15. The molecule has 0 fully saturated rings. The summed E-state index contributed by atoms with van der Waals surface area (Å²) in [6, 6.07) is 14.3. The topological polar surface area (TPSA) is 106 Å². The van der Waals surface area contributed by atoms with Gasteiger partial charge in [0.2, 0.25) is 23.0 Å². The molecule has 0 spiro atoms. The highest BCUT2D eigenvalue weighted by molar-refractivity contribution is 5.86. The van der Waals surface area contributed by atoms with E-state index in [0.717, 1.165) is 28.7 Å². The molecule has 1 aliphatic carbocycles. The van der Waals surface area contributed by atoms with Crippen LogP contribution in [0.5, 0.6) is 17.2 Å². The van der Waals surface area contributed by atoms with Crippen molar-refractivity contribution in [3.63, 3.8) is 0 Å². The lowest BCUT2D eigenvalue weighted by molar-refractivity contribution is -0.133. The number of aryl methyl sites for hydroxylation is 1. The Hall–Kier alpha value is -4.53. The van der Waals surface area contributed by atoms with Gasteiger partial charge in [0.25, 0.3) is 0 Å². The predicted molar refractivity (Wildman–Crippen MR) is 170 cm³/mol. The van der Waals surface area contributed by atoms with Gasteiger partial charge in [-0.25, -0.2) is 0 Å². The normalized spacial score (nSPS) is 16.1. The van der Waals surface area contributed by atoms with E-state index in [1.807, 2.05) is 43.0 Å². The number of nitrogens with one attached hydrogen (secondary N) is 2. The summed E-state index contributed by atoms with van der Waals surface area (Å²) in [6.07, 6.45) is 1.97. The second kappa shape index (κ2) is 13.0. The van der Waals surface area contributed by atoms with Crippen LogP contribution >= 0.6 is 0 Å². The van der Waals surface area contributed by atoms with Crippen LogP contribution in [0.1, 0.15) is 55.5 Å². The van der Waals surface area contributed by atoms with Crippen LogP contribution in [0.15, 0.2) is 53.3 Å². The minimum absolute atomic E-state index is 0.0399. The van der Waals surface area contributed by atoms with Gasteiger partial charge < -0.3 is 29.7 Å². The Kier molecular flexibility index (Phi) is 9.13. The van der Waals surface area contributed by atoms with Crippen LogP contribution in [-0.4, -0.2) is 50.6 Å². The zero-order valence-electron chi connectivity index (χ0n) is 26.3. The molecule has 0 bridgehead atoms. The number of hydrogen-bond acceptors (Lipinski definition) is 7. The van der Waals surface area contributed by atoms with Crippen LogP contribution in [0.25, 0.3) is 11.1 Å². The number of fused-ring (bicyclic) bond motifs is 4. The van der Waals surface area contributed by atoms with Gasteiger partial charge in [-0.1, -0.05) is 44.2 Å². The molecule has 2 aliphatic rings. The summed E-state index contributed by atoms with van der Waals surface area (Å²) in [5.41, 5.74) is 5.58. The van der Waals surface area contributed by atoms with Crippen molar-refractivity contribution in [2.45, 2.75) is 58.7 Å². The first-order valence-electron chi connectivity index (χ1n) is 15.1. The number of rotatable bonds is 8. The largest absolute Gasteiger partial charge is 0.493 e. The Morgan fingerprint density at radius 1 is 0.909 bits per heavy atom. The van der Waals surface area contributed by atoms with Gasteiger partial charge in [-0.3, -0.25) is 14.4 Å². The van der Waals surface area contributed by atoms with Gasteiger partial charge in [-0.05, 0) is 71.2 Å². The molecule has 0 radical (unpaired) electrons. The number of anilines is 1. The maximum atomic E-state index is 13.9. The van der Waals surface area contributed by atoms with E-state index in [2.05, 4.69) is 22.8 Å². The van der Waals surface area contributed by atoms with Crippen molar-refractivity contribution in [2.75, 3.05) is 33.2 Å². The molecule has 9 nitrogen and oxygen atoms in total. The summed E-state index contributed by atoms with van der Waals surface area (Å²) >= 11 is 0. The Bertz CT molecular complexity index is 1640. The van der Waals surface area contributed by atoms with Gasteiger partial charge >= 0.3 is 0 Å². The van der Waals surface area contributed by atoms with E-state index in [1.165, 1.54) is 12.5 Å². The zero-order chi connectivity index (χ0) is 31.5. The number of carbonyl (C=O) groups is 2. The fourth-order valence-corrected chi connectivity index (χ4v) is 6.39. The fourth-order valence-electron chi connectivity index (χ4n) is 6.39. The quantitative estimate of drug-likeness (QED) is 0.380. The molecule has 3 aromatic rings. The molecule has 1 heterocycles. The van der Waals surface area contributed by atoms with Gasteiger partial charge in [0.15, 0.2) is 11.5 Å². The molecule has 2 atom stereocenters. The minimum atomic E-state index is -0.604. The van der Waals surface area contributed by atoms with Crippen LogP contribution in [0, 0.1) is 5.92 Å². The van der Waals surface area contributed by atoms with E-state index in [0.29, 0.717) is 54.4 Å². The number of amides is 2. The third-order valence-electron chi connectivity index (χ3n) is 8.60. The van der Waals surface area contributed by atoms with Gasteiger partial charge in [-0.2, -0.15) is 0 Å². The molecule has 9 heteroatoms. The highest BCUT2D eigenvalue weighted by atomic mass is 16.5. The van der Waals surface area contributed by atoms with Crippen LogP contribution < -0.4 is 30.3 Å². The number of hydrogen-bond donors (Lipinski definition) is 2. The number of nitrogens with zero attached hydrogens (tertiary/aromatic N) is 1. The number of methoxy groups -OCH3 is 3. The zero-order valence-corrected chi connectivity index (χ0v) is 26.3. The van der Waals surface area contributed by atoms with Gasteiger partial charge in [-0.15, -0.1) is 0 Å². The molecule has 0 aromatic heterocycles. The average molecular weight is 600 g/mol. The van der Waals surface area contributed by atoms with Crippen molar-refractivity contribution in [3.8, 4) is 28.4 Å². The molecular formula is C35H41N3O6. The smallest absolute Gasteiger partial charge is 0.245 e. The van der Waals surface area contributed by atoms with Crippen LogP contribution in [0.3, 0.4) is 0 Å². The summed E-state index contributed by atoms with van der Waals surface area (Å²) in [6.45, 7) is 6.59. The van der Waals surface area contributed by atoms with E-state index in [-0.39, 0.29) is 23.2 Å². The molecule has 2 amide bonds. The number of ether oxygens (including phenoxy) is 3. The van der Waals surface area contributed by atoms with E-state index < -0.39 is 12.1 Å². The standard InChI is InChI=1S/C35H41N3O6/c1-20(2)32(35(41)38-16-15-22-9-7-8-10-24(22)19-38)37-28-14-12-25-26(18-29(28)40)27(36-21(3)39)13-11-23-17-30(42-4)33(43-5)34(44-6)31(23)25/h7-10,12,14,17-18,20,27,32H,11,13,15-16,19H2,1-6H3,(H,36,39)(H,37,40). The lowest BCUT2D eigenvalue weighted by Gasteiger charge is -2.33. The molecule has 5 rings (SSSR count). The molecule has 0 saturated heterocycles. The Morgan fingerprint density at radius 3 is 2.30 bits per heavy atom. The minimum Gasteiger partial charge on any atom is -0.493 e. The van der Waals surface area contributed by atoms with Crippen molar-refractivity contribution < 1.29 is 23.8 Å². The SMILES string of the molecule is COc1cc2c(c(OC)c1OC)-c1ccc(NC(C(=O)N3CCc4ccccc4C3)C(C)C)c(=O)cc1C(NC(C)=O)CC2. The van der Waals surface area contributed by atoms with Gasteiger partial charge in [0.1, 0.15) is 6.04 Å². The van der Waals surface area contributed by atoms with Crippen LogP contribution in [-0.2, 0) is 29.0 Å². The third kappa shape index (κ3) is 5.96. The second-order valence-corrected chi connectivity index (χ2v) is 11.7. The lowest BCUT2D eigenvalue weighted by atomic mass is 9.95. The first kappa shape index (κ1) is 30.9. The number of carbonyl (C=O) groups excluding carboxylic acids is 2. The van der Waals surface area contributed by atoms with Crippen LogP contribution in [0.4, 0.5) is 5.69 Å². The maximum Gasteiger partial charge on any atom is 0.245 e. The molecule has 2 unspecified atom stereocenters. The van der Waals surface area contributed by atoms with E-state index in [1.54, 1.807) is 33.5 Å². The van der Waals surface area contributed by atoms with Crippen molar-refractivity contribution in [1.82, 2.24) is 10.2 Å². The van der Waals surface area contributed by atoms with E-state index in [4.69, 9.17) is 14.2 Å². The van der Waals surface area contributed by atoms with E-state index in [9.17, 15) is 14.4 Å². The molecule has 1 aliphatic heterocycles. The van der Waals surface area contributed by atoms with Crippen LogP contribution in [0.2, 0.25) is 0 Å². The van der Waals surface area contributed by atoms with Crippen molar-refractivity contribution in [1.29, 1.82) is 0 Å². The first-order chi connectivity index (χ1) is 21.2. The van der Waals surface area contributed by atoms with Crippen molar-refractivity contribution in [3.05, 3.63) is 81.0 Å². The Balaban J connectivity index is 1.59. The monoisotopic (exact) mass is 599 g/mol. The number of benzene rings is 2. The van der Waals surface area contributed by atoms with E-state index >= 15 is 0 Å². The molecule has 0 saturated carbocycles. The van der Waals surface area contributed by atoms with Gasteiger partial charge in [0, 0.05) is 25.6 Å². The van der Waals surface area contributed by atoms with Crippen molar-refractivity contribution in [2.24, 2.45) is 5.92 Å². The summed E-state index contributed by atoms with van der Waals surface area (Å²) in [5, 5.41) is 6.34. The van der Waals surface area contributed by atoms with Gasteiger partial charge in [0.05, 0.1) is 33.1 Å². The second-order valence-electron chi connectivity index (χ2n) is 11.7. The third-order valence-corrected chi connectivity index (χ3v) is 8.60. The lowest BCUT2D eigenvalue weighted by Crippen LogP contribution is -2.47. The molecule has 3 aromatic carbocycles. The molecular weight excluding hydrogens is 558 g/mol. The Morgan fingerprint density at radius 2 is 1.64 bits per heavy atom. The summed E-state index contributed by atoms with van der Waals surface area (Å²) in [4.78, 5) is 41.9. The predicted octanol–water partition coefficient (Wildman–Crippen LogP) is 4.88. The maximum absolute atomic E-state index is 13.9. The highest BCUT2D eigenvalue weighted by Gasteiger charge is 2.32.